The van der Waals surface area contributed by atoms with Crippen LogP contribution in [-0.4, -0.2) is 4.40 Å². The molecule has 0 aromatic carbocycles. The zero-order valence-electron chi connectivity index (χ0n) is 7.82. The van der Waals surface area contributed by atoms with E-state index >= 15 is 0 Å². The van der Waals surface area contributed by atoms with Crippen molar-refractivity contribution in [2.45, 2.75) is 6.92 Å². The van der Waals surface area contributed by atoms with Gasteiger partial charge in [0.2, 0.25) is 0 Å². The lowest BCUT2D eigenvalue weighted by molar-refractivity contribution is 0.579. The van der Waals surface area contributed by atoms with Crippen LogP contribution in [0.15, 0.2) is 35.0 Å². The molecule has 3 heterocycles. The number of nitrogens with zero attached hydrogens (tertiary/aromatic N) is 1. The number of rotatable bonds is 0. The van der Waals surface area contributed by atoms with E-state index < -0.39 is 0 Å². The number of hydrogen-bond acceptors (Lipinski definition) is 2. The smallest absolute Gasteiger partial charge is 0.155 e. The van der Waals surface area contributed by atoms with Crippen LogP contribution in [0.25, 0.3) is 16.5 Å². The van der Waals surface area contributed by atoms with Crippen LogP contribution < -0.4 is 5.73 Å². The molecule has 70 valence electrons. The van der Waals surface area contributed by atoms with E-state index in [9.17, 15) is 0 Å². The molecule has 0 saturated heterocycles. The second kappa shape index (κ2) is 2.32. The summed E-state index contributed by atoms with van der Waals surface area (Å²) in [5, 5.41) is 1.02. The zero-order valence-corrected chi connectivity index (χ0v) is 7.82. The van der Waals surface area contributed by atoms with Crippen LogP contribution in [0.1, 0.15) is 5.76 Å². The maximum absolute atomic E-state index is 5.94. The molecule has 0 aliphatic rings. The standard InChI is InChI=1S/C11H10N2O/c1-7-11(12)10-8-4-2-3-5-13(8)6-9(10)14-7/h2-6H,12H2,1H3. The SMILES string of the molecule is Cc1oc2cn3ccccc3c2c1N. The van der Waals surface area contributed by atoms with Gasteiger partial charge in [-0.3, -0.25) is 0 Å². The van der Waals surface area contributed by atoms with E-state index in [1.165, 1.54) is 0 Å². The van der Waals surface area contributed by atoms with Crippen LogP contribution in [0.5, 0.6) is 0 Å². The summed E-state index contributed by atoms with van der Waals surface area (Å²) >= 11 is 0. The minimum atomic E-state index is 0.744. The summed E-state index contributed by atoms with van der Waals surface area (Å²) in [5.74, 6) is 0.793. The summed E-state index contributed by atoms with van der Waals surface area (Å²) in [6.45, 7) is 1.88. The van der Waals surface area contributed by atoms with E-state index in [1.54, 1.807) is 0 Å². The summed E-state index contributed by atoms with van der Waals surface area (Å²) in [7, 11) is 0. The Morgan fingerprint density at radius 1 is 1.36 bits per heavy atom. The van der Waals surface area contributed by atoms with Gasteiger partial charge in [-0.05, 0) is 19.1 Å². The van der Waals surface area contributed by atoms with Crippen molar-refractivity contribution in [3.05, 3.63) is 36.4 Å². The molecule has 0 atom stereocenters. The van der Waals surface area contributed by atoms with Crippen molar-refractivity contribution in [3.63, 3.8) is 0 Å². The van der Waals surface area contributed by atoms with Crippen LogP contribution in [0.4, 0.5) is 5.69 Å². The third-order valence-corrected chi connectivity index (χ3v) is 2.56. The van der Waals surface area contributed by atoms with E-state index in [4.69, 9.17) is 10.2 Å². The number of furan rings is 1. The molecule has 3 heteroatoms. The van der Waals surface area contributed by atoms with Crippen molar-refractivity contribution in [1.82, 2.24) is 4.40 Å². The van der Waals surface area contributed by atoms with Gasteiger partial charge >= 0.3 is 0 Å². The van der Waals surface area contributed by atoms with Gasteiger partial charge < -0.3 is 14.6 Å². The Morgan fingerprint density at radius 2 is 2.21 bits per heavy atom. The number of nitrogen functional groups attached to an aromatic ring is 1. The van der Waals surface area contributed by atoms with E-state index in [2.05, 4.69) is 0 Å². The summed E-state index contributed by atoms with van der Waals surface area (Å²) in [4.78, 5) is 0. The minimum Gasteiger partial charge on any atom is -0.457 e. The van der Waals surface area contributed by atoms with Gasteiger partial charge in [0.1, 0.15) is 5.76 Å². The molecule has 3 aromatic rings. The number of fused-ring (bicyclic) bond motifs is 3. The highest BCUT2D eigenvalue weighted by Crippen LogP contribution is 2.32. The number of nitrogens with two attached hydrogens (primary N) is 1. The lowest BCUT2D eigenvalue weighted by Crippen LogP contribution is -1.85. The Hall–Kier alpha value is -1.90. The predicted molar refractivity (Wildman–Crippen MR) is 56.3 cm³/mol. The maximum Gasteiger partial charge on any atom is 0.155 e. The molecule has 0 aliphatic carbocycles. The summed E-state index contributed by atoms with van der Waals surface area (Å²) < 4.78 is 7.56. The Labute approximate surface area is 80.7 Å². The van der Waals surface area contributed by atoms with Crippen molar-refractivity contribution in [1.29, 1.82) is 0 Å². The molecule has 2 N–H and O–H groups in total. The van der Waals surface area contributed by atoms with Crippen LogP contribution >= 0.6 is 0 Å². The molecule has 14 heavy (non-hydrogen) atoms. The van der Waals surface area contributed by atoms with Gasteiger partial charge in [0, 0.05) is 6.20 Å². The number of anilines is 1. The average Bonchev–Trinajstić information content (AvgIpc) is 2.65. The Balaban J connectivity index is 2.62. The lowest BCUT2D eigenvalue weighted by atomic mass is 10.2. The fraction of sp³-hybridized carbons (Fsp3) is 0.0909. The molecular weight excluding hydrogens is 176 g/mol. The van der Waals surface area contributed by atoms with Crippen molar-refractivity contribution >= 4 is 22.2 Å². The molecule has 3 aromatic heterocycles. The van der Waals surface area contributed by atoms with E-state index in [0.717, 1.165) is 27.9 Å². The second-order valence-electron chi connectivity index (χ2n) is 3.43. The van der Waals surface area contributed by atoms with Gasteiger partial charge in [0.05, 0.1) is 22.8 Å². The first-order valence-electron chi connectivity index (χ1n) is 4.51. The van der Waals surface area contributed by atoms with E-state index in [0.29, 0.717) is 0 Å². The molecule has 3 rings (SSSR count). The highest BCUT2D eigenvalue weighted by atomic mass is 16.3. The topological polar surface area (TPSA) is 43.6 Å². The monoisotopic (exact) mass is 186 g/mol. The third kappa shape index (κ3) is 0.763. The van der Waals surface area contributed by atoms with Gasteiger partial charge in [-0.25, -0.2) is 0 Å². The van der Waals surface area contributed by atoms with Crippen molar-refractivity contribution in [3.8, 4) is 0 Å². The third-order valence-electron chi connectivity index (χ3n) is 2.56. The predicted octanol–water partition coefficient (Wildman–Crippen LogP) is 2.58. The van der Waals surface area contributed by atoms with Crippen LogP contribution in [0.2, 0.25) is 0 Å². The normalized spacial score (nSPS) is 11.5. The zero-order chi connectivity index (χ0) is 9.71. The number of hydrogen-bond donors (Lipinski definition) is 1. The number of pyridine rings is 1. The van der Waals surface area contributed by atoms with E-state index in [-0.39, 0.29) is 0 Å². The minimum absolute atomic E-state index is 0.744. The van der Waals surface area contributed by atoms with Gasteiger partial charge in [0.15, 0.2) is 5.58 Å². The first-order chi connectivity index (χ1) is 6.77. The summed E-state index contributed by atoms with van der Waals surface area (Å²) in [6.07, 6.45) is 3.94. The second-order valence-corrected chi connectivity index (χ2v) is 3.43. The molecule has 0 fully saturated rings. The van der Waals surface area contributed by atoms with Gasteiger partial charge in [-0.2, -0.15) is 0 Å². The average molecular weight is 186 g/mol. The Morgan fingerprint density at radius 3 is 3.07 bits per heavy atom. The fourth-order valence-corrected chi connectivity index (χ4v) is 1.84. The Bertz CT molecular complexity index is 619. The molecule has 0 aliphatic heterocycles. The molecule has 0 spiro atoms. The van der Waals surface area contributed by atoms with Gasteiger partial charge in [-0.1, -0.05) is 6.07 Å². The number of aryl methyl sites for hydroxylation is 1. The summed E-state index contributed by atoms with van der Waals surface area (Å²) in [5.41, 5.74) is 8.63. The molecule has 3 nitrogen and oxygen atoms in total. The Kier molecular flexibility index (Phi) is 1.24. The van der Waals surface area contributed by atoms with E-state index in [1.807, 2.05) is 41.9 Å². The van der Waals surface area contributed by atoms with Crippen LogP contribution in [0.3, 0.4) is 0 Å². The van der Waals surface area contributed by atoms with Crippen molar-refractivity contribution < 1.29 is 4.42 Å². The first kappa shape index (κ1) is 7.50. The highest BCUT2D eigenvalue weighted by molar-refractivity contribution is 6.03. The van der Waals surface area contributed by atoms with Gasteiger partial charge in [-0.15, -0.1) is 0 Å². The molecule has 0 unspecified atom stereocenters. The van der Waals surface area contributed by atoms with Crippen molar-refractivity contribution in [2.24, 2.45) is 0 Å². The quantitative estimate of drug-likeness (QED) is 0.586. The van der Waals surface area contributed by atoms with Gasteiger partial charge in [0.25, 0.3) is 0 Å². The maximum atomic E-state index is 5.94. The van der Waals surface area contributed by atoms with Crippen LogP contribution in [-0.2, 0) is 0 Å². The summed E-state index contributed by atoms with van der Waals surface area (Å²) in [6, 6.07) is 6.01. The highest BCUT2D eigenvalue weighted by Gasteiger charge is 2.12. The first-order valence-corrected chi connectivity index (χ1v) is 4.51. The number of aromatic nitrogens is 1. The molecular formula is C11H10N2O. The fourth-order valence-electron chi connectivity index (χ4n) is 1.84. The molecule has 0 saturated carbocycles. The molecule has 0 bridgehead atoms. The molecule has 0 radical (unpaired) electrons. The van der Waals surface area contributed by atoms with Crippen LogP contribution in [0, 0.1) is 6.92 Å². The largest absolute Gasteiger partial charge is 0.457 e. The molecule has 0 amide bonds. The lowest BCUT2D eigenvalue weighted by Gasteiger charge is -1.93. The van der Waals surface area contributed by atoms with Crippen molar-refractivity contribution in [2.75, 3.05) is 5.73 Å².